The second kappa shape index (κ2) is 6.13. The number of hydrogen-bond acceptors (Lipinski definition) is 2. The lowest BCUT2D eigenvalue weighted by molar-refractivity contribution is 0.0697. The molecule has 0 atom stereocenters. The van der Waals surface area contributed by atoms with Crippen molar-refractivity contribution < 1.29 is 14.3 Å². The normalized spacial score (nSPS) is 10.9. The van der Waals surface area contributed by atoms with Crippen LogP contribution < -0.4 is 0 Å². The summed E-state index contributed by atoms with van der Waals surface area (Å²) in [6.07, 6.45) is 0. The molecular formula is C20H18O3. The molecule has 3 rings (SSSR count). The molecule has 0 fully saturated rings. The van der Waals surface area contributed by atoms with E-state index in [9.17, 15) is 4.79 Å². The summed E-state index contributed by atoms with van der Waals surface area (Å²) in [4.78, 5) is 11.1. The van der Waals surface area contributed by atoms with Gasteiger partial charge in [-0.05, 0) is 35.7 Å². The van der Waals surface area contributed by atoms with Gasteiger partial charge < -0.3 is 9.52 Å². The molecule has 0 aliphatic rings. The molecule has 116 valence electrons. The Labute approximate surface area is 135 Å². The molecule has 0 aliphatic heterocycles. The highest BCUT2D eigenvalue weighted by molar-refractivity contribution is 5.89. The summed E-state index contributed by atoms with van der Waals surface area (Å²) in [5.74, 6) is 0.991. The fraction of sp³-hybridized carbons (Fsp3) is 0.150. The predicted molar refractivity (Wildman–Crippen MR) is 90.6 cm³/mol. The summed E-state index contributed by atoms with van der Waals surface area (Å²) in [6.45, 7) is 4.32. The van der Waals surface area contributed by atoms with Crippen LogP contribution in [0.2, 0.25) is 0 Å². The van der Waals surface area contributed by atoms with Crippen molar-refractivity contribution in [1.82, 2.24) is 0 Å². The van der Waals surface area contributed by atoms with Crippen LogP contribution in [0.25, 0.3) is 22.6 Å². The zero-order valence-corrected chi connectivity index (χ0v) is 13.1. The molecule has 3 nitrogen and oxygen atoms in total. The highest BCUT2D eigenvalue weighted by atomic mass is 16.4. The van der Waals surface area contributed by atoms with Crippen molar-refractivity contribution in [2.24, 2.45) is 0 Å². The van der Waals surface area contributed by atoms with Gasteiger partial charge in [-0.2, -0.15) is 0 Å². The summed E-state index contributed by atoms with van der Waals surface area (Å²) in [5.41, 5.74) is 3.31. The van der Waals surface area contributed by atoms with Crippen molar-refractivity contribution in [3.63, 3.8) is 0 Å². The molecule has 1 heterocycles. The molecule has 0 radical (unpaired) electrons. The van der Waals surface area contributed by atoms with Crippen molar-refractivity contribution in [3.05, 3.63) is 71.8 Å². The van der Waals surface area contributed by atoms with Gasteiger partial charge in [-0.3, -0.25) is 0 Å². The third kappa shape index (κ3) is 3.19. The molecule has 0 saturated heterocycles. The Morgan fingerprint density at radius 2 is 1.57 bits per heavy atom. The third-order valence-electron chi connectivity index (χ3n) is 3.86. The van der Waals surface area contributed by atoms with E-state index in [0.717, 1.165) is 16.9 Å². The molecule has 23 heavy (non-hydrogen) atoms. The Morgan fingerprint density at radius 1 is 0.913 bits per heavy atom. The second-order valence-corrected chi connectivity index (χ2v) is 5.83. The summed E-state index contributed by atoms with van der Waals surface area (Å²) < 4.78 is 5.90. The van der Waals surface area contributed by atoms with Crippen LogP contribution in [0.5, 0.6) is 0 Å². The van der Waals surface area contributed by atoms with Gasteiger partial charge in [-0.25, -0.2) is 4.79 Å². The maximum atomic E-state index is 11.1. The van der Waals surface area contributed by atoms with Crippen LogP contribution in [0, 0.1) is 0 Å². The first-order valence-corrected chi connectivity index (χ1v) is 7.58. The van der Waals surface area contributed by atoms with Gasteiger partial charge in [0.1, 0.15) is 11.5 Å². The topological polar surface area (TPSA) is 50.4 Å². The molecule has 3 heteroatoms. The SMILES string of the molecule is CC(C)c1ccc(-c2ccc(-c3cccc(C(=O)O)c3)o2)cc1. The Balaban J connectivity index is 1.91. The van der Waals surface area contributed by atoms with E-state index in [0.29, 0.717) is 11.7 Å². The lowest BCUT2D eigenvalue weighted by Crippen LogP contribution is -1.95. The van der Waals surface area contributed by atoms with Gasteiger partial charge in [-0.1, -0.05) is 50.2 Å². The molecular weight excluding hydrogens is 288 g/mol. The van der Waals surface area contributed by atoms with E-state index in [1.165, 1.54) is 5.56 Å². The van der Waals surface area contributed by atoms with Crippen LogP contribution in [0.3, 0.4) is 0 Å². The predicted octanol–water partition coefficient (Wildman–Crippen LogP) is 5.44. The Morgan fingerprint density at radius 3 is 2.17 bits per heavy atom. The summed E-state index contributed by atoms with van der Waals surface area (Å²) >= 11 is 0. The van der Waals surface area contributed by atoms with Gasteiger partial charge in [0.25, 0.3) is 0 Å². The lowest BCUT2D eigenvalue weighted by Gasteiger charge is -2.05. The number of benzene rings is 2. The third-order valence-corrected chi connectivity index (χ3v) is 3.86. The molecule has 0 amide bonds. The van der Waals surface area contributed by atoms with Crippen LogP contribution in [0.15, 0.2) is 65.1 Å². The molecule has 2 aromatic carbocycles. The number of hydrogen-bond donors (Lipinski definition) is 1. The monoisotopic (exact) mass is 306 g/mol. The van der Waals surface area contributed by atoms with Gasteiger partial charge in [0.15, 0.2) is 0 Å². The molecule has 0 aliphatic carbocycles. The molecule has 1 N–H and O–H groups in total. The number of carboxylic acids is 1. The van der Waals surface area contributed by atoms with Gasteiger partial charge in [0.05, 0.1) is 5.56 Å². The van der Waals surface area contributed by atoms with E-state index in [2.05, 4.69) is 26.0 Å². The first-order valence-electron chi connectivity index (χ1n) is 7.58. The smallest absolute Gasteiger partial charge is 0.335 e. The van der Waals surface area contributed by atoms with E-state index in [1.54, 1.807) is 18.2 Å². The zero-order valence-electron chi connectivity index (χ0n) is 13.1. The van der Waals surface area contributed by atoms with E-state index in [1.807, 2.05) is 30.3 Å². The van der Waals surface area contributed by atoms with Crippen molar-refractivity contribution in [1.29, 1.82) is 0 Å². The number of furan rings is 1. The molecule has 0 spiro atoms. The average molecular weight is 306 g/mol. The highest BCUT2D eigenvalue weighted by Gasteiger charge is 2.10. The number of aromatic carboxylic acids is 1. The molecule has 3 aromatic rings. The minimum absolute atomic E-state index is 0.252. The number of carboxylic acid groups (broad SMARTS) is 1. The van der Waals surface area contributed by atoms with Gasteiger partial charge in [-0.15, -0.1) is 0 Å². The first kappa shape index (κ1) is 15.1. The van der Waals surface area contributed by atoms with Gasteiger partial charge in [0, 0.05) is 11.1 Å². The maximum absolute atomic E-state index is 11.1. The highest BCUT2D eigenvalue weighted by Crippen LogP contribution is 2.29. The lowest BCUT2D eigenvalue weighted by atomic mass is 10.0. The largest absolute Gasteiger partial charge is 0.478 e. The Hall–Kier alpha value is -2.81. The minimum atomic E-state index is -0.942. The van der Waals surface area contributed by atoms with Gasteiger partial charge in [0.2, 0.25) is 0 Å². The van der Waals surface area contributed by atoms with Crippen molar-refractivity contribution >= 4 is 5.97 Å². The minimum Gasteiger partial charge on any atom is -0.478 e. The quantitative estimate of drug-likeness (QED) is 0.698. The van der Waals surface area contributed by atoms with E-state index in [4.69, 9.17) is 9.52 Å². The first-order chi connectivity index (χ1) is 11.0. The molecule has 0 bridgehead atoms. The Bertz CT molecular complexity index is 826. The van der Waals surface area contributed by atoms with E-state index >= 15 is 0 Å². The standard InChI is InChI=1S/C20H18O3/c1-13(2)14-6-8-15(9-7-14)18-10-11-19(23-18)16-4-3-5-17(12-16)20(21)22/h3-13H,1-2H3,(H,21,22). The fourth-order valence-corrected chi connectivity index (χ4v) is 2.49. The zero-order chi connectivity index (χ0) is 16.4. The van der Waals surface area contributed by atoms with Crippen molar-refractivity contribution in [3.8, 4) is 22.6 Å². The average Bonchev–Trinajstić information content (AvgIpc) is 3.05. The van der Waals surface area contributed by atoms with Crippen molar-refractivity contribution in [2.75, 3.05) is 0 Å². The summed E-state index contributed by atoms with van der Waals surface area (Å²) in [7, 11) is 0. The molecule has 0 unspecified atom stereocenters. The maximum Gasteiger partial charge on any atom is 0.335 e. The fourth-order valence-electron chi connectivity index (χ4n) is 2.49. The Kier molecular flexibility index (Phi) is 4.02. The van der Waals surface area contributed by atoms with Crippen molar-refractivity contribution in [2.45, 2.75) is 19.8 Å². The summed E-state index contributed by atoms with van der Waals surface area (Å²) in [5, 5.41) is 9.08. The van der Waals surface area contributed by atoms with Crippen LogP contribution in [-0.4, -0.2) is 11.1 Å². The van der Waals surface area contributed by atoms with Crippen LogP contribution in [-0.2, 0) is 0 Å². The number of carbonyl (C=O) groups is 1. The van der Waals surface area contributed by atoms with Gasteiger partial charge >= 0.3 is 5.97 Å². The van der Waals surface area contributed by atoms with Crippen LogP contribution in [0.4, 0.5) is 0 Å². The number of rotatable bonds is 4. The van der Waals surface area contributed by atoms with Crippen LogP contribution >= 0.6 is 0 Å². The second-order valence-electron chi connectivity index (χ2n) is 5.83. The molecule has 0 saturated carbocycles. The molecule has 1 aromatic heterocycles. The summed E-state index contributed by atoms with van der Waals surface area (Å²) in [6, 6.07) is 18.8. The van der Waals surface area contributed by atoms with Crippen LogP contribution in [0.1, 0.15) is 35.7 Å². The van der Waals surface area contributed by atoms with E-state index in [-0.39, 0.29) is 5.56 Å². The van der Waals surface area contributed by atoms with E-state index < -0.39 is 5.97 Å².